The first-order valence-electron chi connectivity index (χ1n) is 7.36. The lowest BCUT2D eigenvalue weighted by Gasteiger charge is -2.30. The molecule has 0 aromatic carbocycles. The fourth-order valence-corrected chi connectivity index (χ4v) is 3.39. The first kappa shape index (κ1) is 16.2. The molecule has 0 unspecified atom stereocenters. The van der Waals surface area contributed by atoms with Crippen LogP contribution in [0.25, 0.3) is 0 Å². The van der Waals surface area contributed by atoms with E-state index in [1.165, 1.54) is 0 Å². The fourth-order valence-electron chi connectivity index (χ4n) is 2.33. The van der Waals surface area contributed by atoms with Crippen molar-refractivity contribution < 1.29 is 8.42 Å². The average molecular weight is 311 g/mol. The average Bonchev–Trinajstić information content (AvgIpc) is 2.41. The van der Waals surface area contributed by atoms with Crippen LogP contribution in [0, 0.1) is 0 Å². The Morgan fingerprint density at radius 2 is 1.86 bits per heavy atom. The minimum atomic E-state index is -3.38. The molecular weight excluding hydrogens is 286 g/mol. The zero-order valence-electron chi connectivity index (χ0n) is 13.3. The Bertz CT molecular complexity index is 568. The summed E-state index contributed by atoms with van der Waals surface area (Å²) in [4.78, 5) is 6.45. The van der Waals surface area contributed by atoms with Crippen molar-refractivity contribution in [3.05, 3.63) is 18.3 Å². The third-order valence-corrected chi connectivity index (χ3v) is 6.31. The highest BCUT2D eigenvalue weighted by atomic mass is 32.2. The van der Waals surface area contributed by atoms with Crippen LogP contribution in [0.15, 0.2) is 23.4 Å². The van der Waals surface area contributed by atoms with Crippen LogP contribution in [0.3, 0.4) is 0 Å². The van der Waals surface area contributed by atoms with E-state index in [-0.39, 0.29) is 5.03 Å². The number of aromatic nitrogens is 1. The van der Waals surface area contributed by atoms with E-state index in [4.69, 9.17) is 0 Å². The minimum Gasteiger partial charge on any atom is -0.381 e. The van der Waals surface area contributed by atoms with Crippen molar-refractivity contribution in [2.75, 3.05) is 25.5 Å². The van der Waals surface area contributed by atoms with Gasteiger partial charge in [0.15, 0.2) is 14.9 Å². The second kappa shape index (κ2) is 5.93. The Labute approximate surface area is 127 Å². The summed E-state index contributed by atoms with van der Waals surface area (Å²) in [6, 6.07) is 3.84. The van der Waals surface area contributed by atoms with Crippen molar-refractivity contribution in [3.8, 4) is 0 Å². The van der Waals surface area contributed by atoms with E-state index in [0.717, 1.165) is 31.6 Å². The summed E-state index contributed by atoms with van der Waals surface area (Å²) in [5, 5.41) is 3.58. The third kappa shape index (κ3) is 3.74. The topological polar surface area (TPSA) is 62.3 Å². The Hall–Kier alpha value is -1.14. The van der Waals surface area contributed by atoms with Crippen LogP contribution in [0.4, 0.5) is 5.69 Å². The molecule has 0 saturated carbocycles. The molecule has 2 rings (SSSR count). The minimum absolute atomic E-state index is 0.143. The van der Waals surface area contributed by atoms with Gasteiger partial charge < -0.3 is 10.2 Å². The van der Waals surface area contributed by atoms with Gasteiger partial charge in [-0.25, -0.2) is 13.4 Å². The van der Waals surface area contributed by atoms with Crippen LogP contribution in [0.1, 0.15) is 33.6 Å². The molecule has 1 saturated heterocycles. The van der Waals surface area contributed by atoms with E-state index in [1.54, 1.807) is 33.0 Å². The maximum Gasteiger partial charge on any atom is 0.200 e. The number of pyridine rings is 1. The Morgan fingerprint density at radius 1 is 1.24 bits per heavy atom. The molecule has 1 aliphatic heterocycles. The smallest absolute Gasteiger partial charge is 0.200 e. The Balaban J connectivity index is 2.06. The number of nitrogens with zero attached hydrogens (tertiary/aromatic N) is 2. The Morgan fingerprint density at radius 3 is 2.33 bits per heavy atom. The normalized spacial score (nSPS) is 18.7. The van der Waals surface area contributed by atoms with Crippen molar-refractivity contribution in [1.82, 2.24) is 9.88 Å². The van der Waals surface area contributed by atoms with Gasteiger partial charge in [-0.15, -0.1) is 0 Å². The van der Waals surface area contributed by atoms with Gasteiger partial charge in [0, 0.05) is 6.04 Å². The quantitative estimate of drug-likeness (QED) is 0.927. The molecule has 5 nitrogen and oxygen atoms in total. The number of piperidine rings is 1. The summed E-state index contributed by atoms with van der Waals surface area (Å²) < 4.78 is 23.8. The van der Waals surface area contributed by atoms with Crippen LogP contribution >= 0.6 is 0 Å². The lowest BCUT2D eigenvalue weighted by atomic mass is 10.1. The predicted molar refractivity (Wildman–Crippen MR) is 85.3 cm³/mol. The molecule has 0 aliphatic carbocycles. The molecule has 0 atom stereocenters. The van der Waals surface area contributed by atoms with Gasteiger partial charge in [0.25, 0.3) is 0 Å². The summed E-state index contributed by atoms with van der Waals surface area (Å²) in [7, 11) is -1.25. The molecule has 1 fully saturated rings. The molecule has 0 spiro atoms. The molecule has 0 amide bonds. The number of likely N-dealkylation sites (tertiary alicyclic amines) is 1. The molecule has 1 aromatic rings. The second-order valence-corrected chi connectivity index (χ2v) is 9.37. The molecule has 6 heteroatoms. The number of anilines is 1. The molecule has 2 heterocycles. The lowest BCUT2D eigenvalue weighted by Crippen LogP contribution is -2.36. The highest BCUT2D eigenvalue weighted by Crippen LogP contribution is 2.24. The highest BCUT2D eigenvalue weighted by Gasteiger charge is 2.32. The fraction of sp³-hybridized carbons (Fsp3) is 0.667. The lowest BCUT2D eigenvalue weighted by molar-refractivity contribution is 0.264. The number of sulfone groups is 1. The molecule has 118 valence electrons. The highest BCUT2D eigenvalue weighted by molar-refractivity contribution is 7.92. The van der Waals surface area contributed by atoms with Gasteiger partial charge in [0.2, 0.25) is 0 Å². The van der Waals surface area contributed by atoms with Crippen molar-refractivity contribution in [1.29, 1.82) is 0 Å². The first-order valence-corrected chi connectivity index (χ1v) is 8.84. The predicted octanol–water partition coefficient (Wildman–Crippen LogP) is 2.16. The van der Waals surface area contributed by atoms with Gasteiger partial charge in [-0.2, -0.15) is 0 Å². The number of hydrogen-bond donors (Lipinski definition) is 1. The summed E-state index contributed by atoms with van der Waals surface area (Å²) >= 11 is 0. The van der Waals surface area contributed by atoms with E-state index >= 15 is 0 Å². The van der Waals surface area contributed by atoms with Gasteiger partial charge >= 0.3 is 0 Å². The molecule has 21 heavy (non-hydrogen) atoms. The molecule has 1 N–H and O–H groups in total. The SMILES string of the molecule is CN1CCC(Nc2ccc(S(=O)(=O)C(C)(C)C)nc2)CC1. The van der Waals surface area contributed by atoms with Crippen LogP contribution in [0.5, 0.6) is 0 Å². The first-order chi connectivity index (χ1) is 9.70. The standard InChI is InChI=1S/C15H25N3O2S/c1-15(2,3)21(19,20)14-6-5-13(11-16-14)17-12-7-9-18(4)10-8-12/h5-6,11-12,17H,7-10H2,1-4H3. The molecule has 0 radical (unpaired) electrons. The summed E-state index contributed by atoms with van der Waals surface area (Å²) in [6.45, 7) is 7.24. The van der Waals surface area contributed by atoms with Crippen LogP contribution in [0.2, 0.25) is 0 Å². The largest absolute Gasteiger partial charge is 0.381 e. The van der Waals surface area contributed by atoms with E-state index in [0.29, 0.717) is 6.04 Å². The van der Waals surface area contributed by atoms with Crippen molar-refractivity contribution in [2.45, 2.75) is 49.4 Å². The van der Waals surface area contributed by atoms with Crippen LogP contribution in [-0.4, -0.2) is 49.2 Å². The van der Waals surface area contributed by atoms with Gasteiger partial charge in [-0.3, -0.25) is 0 Å². The second-order valence-electron chi connectivity index (χ2n) is 6.72. The van der Waals surface area contributed by atoms with Crippen LogP contribution < -0.4 is 5.32 Å². The van der Waals surface area contributed by atoms with Gasteiger partial charge in [0.1, 0.15) is 0 Å². The zero-order valence-corrected chi connectivity index (χ0v) is 14.1. The van der Waals surface area contributed by atoms with Gasteiger partial charge in [-0.05, 0) is 65.9 Å². The van der Waals surface area contributed by atoms with E-state index in [1.807, 2.05) is 6.07 Å². The van der Waals surface area contributed by atoms with Crippen molar-refractivity contribution in [3.63, 3.8) is 0 Å². The van der Waals surface area contributed by atoms with E-state index < -0.39 is 14.6 Å². The molecule has 0 bridgehead atoms. The van der Waals surface area contributed by atoms with Gasteiger partial charge in [-0.1, -0.05) is 0 Å². The maximum absolute atomic E-state index is 12.3. The number of nitrogens with one attached hydrogen (secondary N) is 1. The maximum atomic E-state index is 12.3. The third-order valence-electron chi connectivity index (χ3n) is 3.91. The molecule has 1 aliphatic rings. The number of hydrogen-bond acceptors (Lipinski definition) is 5. The number of rotatable bonds is 3. The summed E-state index contributed by atoms with van der Waals surface area (Å²) in [5.74, 6) is 0. The molecular formula is C15H25N3O2S. The van der Waals surface area contributed by atoms with Gasteiger partial charge in [0.05, 0.1) is 16.6 Å². The zero-order chi connectivity index (χ0) is 15.7. The van der Waals surface area contributed by atoms with Crippen molar-refractivity contribution in [2.24, 2.45) is 0 Å². The summed E-state index contributed by atoms with van der Waals surface area (Å²) in [5.41, 5.74) is 0.886. The van der Waals surface area contributed by atoms with E-state index in [2.05, 4.69) is 22.2 Å². The van der Waals surface area contributed by atoms with Crippen molar-refractivity contribution >= 4 is 15.5 Å². The van der Waals surface area contributed by atoms with E-state index in [9.17, 15) is 8.42 Å². The molecule has 1 aromatic heterocycles. The monoisotopic (exact) mass is 311 g/mol. The Kier molecular flexibility index (Phi) is 4.58. The summed E-state index contributed by atoms with van der Waals surface area (Å²) in [6.07, 6.45) is 3.81. The van der Waals surface area contributed by atoms with Crippen LogP contribution in [-0.2, 0) is 9.84 Å².